The summed E-state index contributed by atoms with van der Waals surface area (Å²) in [6, 6.07) is 14.8. The molecule has 0 amide bonds. The van der Waals surface area contributed by atoms with Crippen molar-refractivity contribution in [2.75, 3.05) is 11.4 Å². The van der Waals surface area contributed by atoms with Crippen LogP contribution in [0, 0.1) is 9.39 Å². The van der Waals surface area contributed by atoms with Gasteiger partial charge in [-0.3, -0.25) is 9.89 Å². The van der Waals surface area contributed by atoms with Crippen molar-refractivity contribution >= 4 is 34.2 Å². The monoisotopic (exact) mass is 395 g/mol. The zero-order chi connectivity index (χ0) is 15.0. The van der Waals surface area contributed by atoms with Crippen molar-refractivity contribution in [2.24, 2.45) is 10.7 Å². The van der Waals surface area contributed by atoms with Crippen LogP contribution in [0.3, 0.4) is 0 Å². The highest BCUT2D eigenvalue weighted by Crippen LogP contribution is 2.37. The van der Waals surface area contributed by atoms with Crippen LogP contribution < -0.4 is 10.6 Å². The van der Waals surface area contributed by atoms with E-state index in [-0.39, 0.29) is 5.82 Å². The molecule has 0 saturated carbocycles. The van der Waals surface area contributed by atoms with Gasteiger partial charge in [0.05, 0.1) is 17.8 Å². The van der Waals surface area contributed by atoms with Crippen LogP contribution >= 0.6 is 22.6 Å². The van der Waals surface area contributed by atoms with Gasteiger partial charge in [0.25, 0.3) is 0 Å². The Kier molecular flexibility index (Phi) is 3.61. The van der Waals surface area contributed by atoms with Crippen molar-refractivity contribution in [2.45, 2.75) is 12.5 Å². The zero-order valence-corrected chi connectivity index (χ0v) is 13.7. The Morgan fingerprint density at radius 1 is 1.19 bits per heavy atom. The Labute approximate surface area is 136 Å². The lowest BCUT2D eigenvalue weighted by Crippen LogP contribution is -2.48. The number of halogens is 2. The number of hydrogen-bond donors (Lipinski definition) is 1. The molecule has 21 heavy (non-hydrogen) atoms. The van der Waals surface area contributed by atoms with Crippen molar-refractivity contribution in [3.05, 3.63) is 63.5 Å². The average Bonchev–Trinajstić information content (AvgIpc) is 2.77. The SMILES string of the molecule is CC1(c2ccc(I)cc2)CN=C(N)N1c1ccccc1F. The molecule has 1 heterocycles. The van der Waals surface area contributed by atoms with Crippen LogP contribution in [0.5, 0.6) is 0 Å². The maximum atomic E-state index is 14.2. The Hall–Kier alpha value is -1.63. The number of benzene rings is 2. The summed E-state index contributed by atoms with van der Waals surface area (Å²) in [6.07, 6.45) is 0. The second-order valence-corrected chi connectivity index (χ2v) is 6.49. The minimum absolute atomic E-state index is 0.297. The fourth-order valence-electron chi connectivity index (χ4n) is 2.68. The fourth-order valence-corrected chi connectivity index (χ4v) is 3.04. The second kappa shape index (κ2) is 5.29. The largest absolute Gasteiger partial charge is 0.369 e. The summed E-state index contributed by atoms with van der Waals surface area (Å²) in [6.45, 7) is 2.54. The quantitative estimate of drug-likeness (QED) is 0.792. The third kappa shape index (κ3) is 2.39. The molecule has 0 bridgehead atoms. The molecule has 0 saturated heterocycles. The molecule has 3 nitrogen and oxygen atoms in total. The van der Waals surface area contributed by atoms with Crippen LogP contribution in [0.2, 0.25) is 0 Å². The van der Waals surface area contributed by atoms with E-state index in [1.807, 2.05) is 31.2 Å². The molecule has 0 radical (unpaired) electrons. The van der Waals surface area contributed by atoms with E-state index in [4.69, 9.17) is 5.73 Å². The molecule has 0 aromatic heterocycles. The van der Waals surface area contributed by atoms with Gasteiger partial charge in [-0.05, 0) is 59.3 Å². The minimum Gasteiger partial charge on any atom is -0.369 e. The molecular formula is C16H15FIN3. The smallest absolute Gasteiger partial charge is 0.196 e. The number of para-hydroxylation sites is 1. The Balaban J connectivity index is 2.10. The van der Waals surface area contributed by atoms with E-state index >= 15 is 0 Å². The third-order valence-electron chi connectivity index (χ3n) is 3.83. The van der Waals surface area contributed by atoms with Gasteiger partial charge in [-0.2, -0.15) is 0 Å². The van der Waals surface area contributed by atoms with Crippen LogP contribution in [-0.2, 0) is 5.54 Å². The third-order valence-corrected chi connectivity index (χ3v) is 4.55. The Morgan fingerprint density at radius 3 is 2.52 bits per heavy atom. The molecule has 0 aliphatic carbocycles. The van der Waals surface area contributed by atoms with E-state index in [0.717, 1.165) is 9.13 Å². The summed E-state index contributed by atoms with van der Waals surface area (Å²) in [4.78, 5) is 6.12. The van der Waals surface area contributed by atoms with E-state index in [1.165, 1.54) is 6.07 Å². The summed E-state index contributed by atoms with van der Waals surface area (Å²) in [5.74, 6) is 0.0513. The van der Waals surface area contributed by atoms with Gasteiger partial charge < -0.3 is 5.73 Å². The summed E-state index contributed by atoms with van der Waals surface area (Å²) < 4.78 is 15.3. The van der Waals surface area contributed by atoms with E-state index in [0.29, 0.717) is 18.2 Å². The minimum atomic E-state index is -0.476. The second-order valence-electron chi connectivity index (χ2n) is 5.24. The highest BCUT2D eigenvalue weighted by Gasteiger charge is 2.41. The lowest BCUT2D eigenvalue weighted by Gasteiger charge is -2.36. The Morgan fingerprint density at radius 2 is 1.86 bits per heavy atom. The van der Waals surface area contributed by atoms with Crippen molar-refractivity contribution in [1.29, 1.82) is 0 Å². The van der Waals surface area contributed by atoms with Crippen molar-refractivity contribution in [3.8, 4) is 0 Å². The fraction of sp³-hybridized carbons (Fsp3) is 0.188. The maximum absolute atomic E-state index is 14.2. The number of anilines is 1. The molecule has 5 heteroatoms. The van der Waals surface area contributed by atoms with Gasteiger partial charge >= 0.3 is 0 Å². The van der Waals surface area contributed by atoms with Crippen molar-refractivity contribution in [3.63, 3.8) is 0 Å². The molecule has 1 unspecified atom stereocenters. The first-order chi connectivity index (χ1) is 10.0. The molecule has 2 aromatic rings. The molecule has 3 rings (SSSR count). The molecule has 0 fully saturated rings. The maximum Gasteiger partial charge on any atom is 0.196 e. The van der Waals surface area contributed by atoms with Crippen molar-refractivity contribution in [1.82, 2.24) is 0 Å². The van der Waals surface area contributed by atoms with Crippen LogP contribution in [-0.4, -0.2) is 12.5 Å². The number of rotatable bonds is 2. The van der Waals surface area contributed by atoms with E-state index in [1.54, 1.807) is 23.1 Å². The number of nitrogens with two attached hydrogens (primary N) is 1. The average molecular weight is 395 g/mol. The number of nitrogens with zero attached hydrogens (tertiary/aromatic N) is 2. The first kappa shape index (κ1) is 14.3. The van der Waals surface area contributed by atoms with Crippen molar-refractivity contribution < 1.29 is 4.39 Å². The number of hydrogen-bond acceptors (Lipinski definition) is 3. The predicted molar refractivity (Wildman–Crippen MR) is 91.9 cm³/mol. The summed E-state index contributed by atoms with van der Waals surface area (Å²) >= 11 is 2.26. The van der Waals surface area contributed by atoms with Gasteiger partial charge in [-0.15, -0.1) is 0 Å². The Bertz CT molecular complexity index is 699. The molecule has 2 aromatic carbocycles. The highest BCUT2D eigenvalue weighted by atomic mass is 127. The van der Waals surface area contributed by atoms with E-state index < -0.39 is 5.54 Å². The van der Waals surface area contributed by atoms with Gasteiger partial charge in [0.2, 0.25) is 0 Å². The molecule has 0 spiro atoms. The molecule has 1 aliphatic heterocycles. The summed E-state index contributed by atoms with van der Waals surface area (Å²) in [5, 5.41) is 0. The molecule has 108 valence electrons. The van der Waals surface area contributed by atoms with Crippen LogP contribution in [0.4, 0.5) is 10.1 Å². The lowest BCUT2D eigenvalue weighted by atomic mass is 9.90. The van der Waals surface area contributed by atoms with E-state index in [9.17, 15) is 4.39 Å². The van der Waals surface area contributed by atoms with Gasteiger partial charge in [0.15, 0.2) is 5.96 Å². The van der Waals surface area contributed by atoms with E-state index in [2.05, 4.69) is 27.6 Å². The molecule has 1 aliphatic rings. The topological polar surface area (TPSA) is 41.6 Å². The molecule has 1 atom stereocenters. The normalized spacial score (nSPS) is 21.5. The first-order valence-corrected chi connectivity index (χ1v) is 7.71. The zero-order valence-electron chi connectivity index (χ0n) is 11.6. The highest BCUT2D eigenvalue weighted by molar-refractivity contribution is 14.1. The molecular weight excluding hydrogens is 380 g/mol. The first-order valence-electron chi connectivity index (χ1n) is 6.63. The summed E-state index contributed by atoms with van der Waals surface area (Å²) in [5.41, 5.74) is 7.08. The van der Waals surface area contributed by atoms with Crippen LogP contribution in [0.25, 0.3) is 0 Å². The van der Waals surface area contributed by atoms with Crippen LogP contribution in [0.15, 0.2) is 53.5 Å². The number of guanidine groups is 1. The lowest BCUT2D eigenvalue weighted by molar-refractivity contribution is 0.520. The predicted octanol–water partition coefficient (Wildman–Crippen LogP) is 3.48. The van der Waals surface area contributed by atoms with Gasteiger partial charge in [-0.25, -0.2) is 4.39 Å². The molecule has 2 N–H and O–H groups in total. The number of aliphatic imine (C=N–C) groups is 1. The standard InChI is InChI=1S/C16H15FIN3/c1-16(11-6-8-12(18)9-7-11)10-20-15(19)21(16)14-5-3-2-4-13(14)17/h2-9H,10H2,1H3,(H2,19,20). The van der Waals surface area contributed by atoms with Gasteiger partial charge in [-0.1, -0.05) is 24.3 Å². The summed E-state index contributed by atoms with van der Waals surface area (Å²) in [7, 11) is 0. The van der Waals surface area contributed by atoms with Gasteiger partial charge in [0, 0.05) is 3.57 Å². The van der Waals surface area contributed by atoms with Crippen LogP contribution in [0.1, 0.15) is 12.5 Å². The van der Waals surface area contributed by atoms with Gasteiger partial charge in [0.1, 0.15) is 5.82 Å².